The number of para-hydroxylation sites is 2. The van der Waals surface area contributed by atoms with Crippen molar-refractivity contribution in [1.29, 1.82) is 0 Å². The highest BCUT2D eigenvalue weighted by Gasteiger charge is 2.21. The van der Waals surface area contributed by atoms with Crippen LogP contribution in [0.15, 0.2) is 24.3 Å². The summed E-state index contributed by atoms with van der Waals surface area (Å²) in [5.41, 5.74) is 1.05. The van der Waals surface area contributed by atoms with Gasteiger partial charge >= 0.3 is 0 Å². The molecule has 1 aliphatic heterocycles. The Labute approximate surface area is 109 Å². The van der Waals surface area contributed by atoms with Gasteiger partial charge in [-0.25, -0.2) is 0 Å². The van der Waals surface area contributed by atoms with E-state index < -0.39 is 0 Å². The lowest BCUT2D eigenvalue weighted by atomic mass is 10.2. The van der Waals surface area contributed by atoms with E-state index in [1.165, 1.54) is 0 Å². The van der Waals surface area contributed by atoms with Crippen LogP contribution in [-0.2, 0) is 4.74 Å². The van der Waals surface area contributed by atoms with E-state index in [1.807, 2.05) is 32.0 Å². The third-order valence-electron chi connectivity index (χ3n) is 3.09. The van der Waals surface area contributed by atoms with Gasteiger partial charge in [0.05, 0.1) is 24.0 Å². The third-order valence-corrected chi connectivity index (χ3v) is 3.09. The Morgan fingerprint density at radius 1 is 1.33 bits per heavy atom. The minimum absolute atomic E-state index is 0.190. The highest BCUT2D eigenvalue weighted by molar-refractivity contribution is 5.56. The molecule has 0 aliphatic carbocycles. The SMILES string of the molecule is CC(C)Oc1ccccc1NCC1CCC(C)O1. The number of benzene rings is 1. The molecule has 1 saturated heterocycles. The molecule has 0 spiro atoms. The van der Waals surface area contributed by atoms with Gasteiger partial charge in [-0.15, -0.1) is 0 Å². The molecule has 1 heterocycles. The number of ether oxygens (including phenoxy) is 2. The molecule has 0 saturated carbocycles. The van der Waals surface area contributed by atoms with E-state index in [4.69, 9.17) is 9.47 Å². The van der Waals surface area contributed by atoms with Crippen LogP contribution in [0.2, 0.25) is 0 Å². The predicted octanol–water partition coefficient (Wildman–Crippen LogP) is 3.45. The summed E-state index contributed by atoms with van der Waals surface area (Å²) in [4.78, 5) is 0. The number of hydrogen-bond acceptors (Lipinski definition) is 3. The second-order valence-electron chi connectivity index (χ2n) is 5.19. The van der Waals surface area contributed by atoms with Gasteiger partial charge in [0.1, 0.15) is 5.75 Å². The van der Waals surface area contributed by atoms with Crippen molar-refractivity contribution in [3.8, 4) is 5.75 Å². The van der Waals surface area contributed by atoms with Crippen molar-refractivity contribution in [1.82, 2.24) is 0 Å². The van der Waals surface area contributed by atoms with Gasteiger partial charge in [0.25, 0.3) is 0 Å². The molecule has 3 nitrogen and oxygen atoms in total. The Morgan fingerprint density at radius 3 is 2.78 bits per heavy atom. The molecule has 0 aromatic heterocycles. The van der Waals surface area contributed by atoms with Gasteiger partial charge in [-0.05, 0) is 45.7 Å². The summed E-state index contributed by atoms with van der Waals surface area (Å²) in [6.07, 6.45) is 3.22. The van der Waals surface area contributed by atoms with Crippen LogP contribution in [0, 0.1) is 0 Å². The summed E-state index contributed by atoms with van der Waals surface area (Å²) in [5, 5.41) is 3.43. The average Bonchev–Trinajstić information content (AvgIpc) is 2.73. The molecule has 2 atom stereocenters. The van der Waals surface area contributed by atoms with Crippen molar-refractivity contribution >= 4 is 5.69 Å². The highest BCUT2D eigenvalue weighted by atomic mass is 16.5. The van der Waals surface area contributed by atoms with Gasteiger partial charge in [0.15, 0.2) is 0 Å². The summed E-state index contributed by atoms with van der Waals surface area (Å²) in [6, 6.07) is 8.07. The smallest absolute Gasteiger partial charge is 0.142 e. The number of nitrogens with one attached hydrogen (secondary N) is 1. The van der Waals surface area contributed by atoms with Crippen molar-refractivity contribution in [3.63, 3.8) is 0 Å². The van der Waals surface area contributed by atoms with Crippen LogP contribution in [0.4, 0.5) is 5.69 Å². The van der Waals surface area contributed by atoms with E-state index in [0.717, 1.165) is 30.8 Å². The first-order valence-corrected chi connectivity index (χ1v) is 6.80. The largest absolute Gasteiger partial charge is 0.489 e. The second kappa shape index (κ2) is 6.10. The lowest BCUT2D eigenvalue weighted by Crippen LogP contribution is -2.20. The van der Waals surface area contributed by atoms with E-state index >= 15 is 0 Å². The number of rotatable bonds is 5. The fraction of sp³-hybridized carbons (Fsp3) is 0.600. The molecule has 2 rings (SSSR count). The molecular weight excluding hydrogens is 226 g/mol. The topological polar surface area (TPSA) is 30.5 Å². The van der Waals surface area contributed by atoms with Gasteiger partial charge in [-0.1, -0.05) is 12.1 Å². The number of anilines is 1. The van der Waals surface area contributed by atoms with Crippen LogP contribution in [0.5, 0.6) is 5.75 Å². The molecule has 0 amide bonds. The van der Waals surface area contributed by atoms with Crippen LogP contribution in [-0.4, -0.2) is 24.9 Å². The maximum absolute atomic E-state index is 5.80. The zero-order chi connectivity index (χ0) is 13.0. The van der Waals surface area contributed by atoms with Crippen LogP contribution in [0.3, 0.4) is 0 Å². The molecule has 3 heteroatoms. The first-order valence-electron chi connectivity index (χ1n) is 6.80. The Hall–Kier alpha value is -1.22. The lowest BCUT2D eigenvalue weighted by Gasteiger charge is -2.17. The Morgan fingerprint density at radius 2 is 2.11 bits per heavy atom. The van der Waals surface area contributed by atoms with Crippen LogP contribution >= 0.6 is 0 Å². The van der Waals surface area contributed by atoms with E-state index in [2.05, 4.69) is 18.3 Å². The third kappa shape index (κ3) is 3.64. The van der Waals surface area contributed by atoms with Gasteiger partial charge in [0, 0.05) is 6.54 Å². The van der Waals surface area contributed by atoms with Crippen LogP contribution < -0.4 is 10.1 Å². The summed E-state index contributed by atoms with van der Waals surface area (Å²) >= 11 is 0. The maximum Gasteiger partial charge on any atom is 0.142 e. The first-order chi connectivity index (χ1) is 8.65. The van der Waals surface area contributed by atoms with Crippen molar-refractivity contribution in [3.05, 3.63) is 24.3 Å². The monoisotopic (exact) mass is 249 g/mol. The van der Waals surface area contributed by atoms with Gasteiger partial charge in [-0.3, -0.25) is 0 Å². The average molecular weight is 249 g/mol. The van der Waals surface area contributed by atoms with Gasteiger partial charge < -0.3 is 14.8 Å². The normalized spacial score (nSPS) is 23.3. The molecule has 18 heavy (non-hydrogen) atoms. The zero-order valence-corrected chi connectivity index (χ0v) is 11.5. The highest BCUT2D eigenvalue weighted by Crippen LogP contribution is 2.26. The molecule has 0 bridgehead atoms. The standard InChI is InChI=1S/C15H23NO2/c1-11(2)17-15-7-5-4-6-14(15)16-10-13-9-8-12(3)18-13/h4-7,11-13,16H,8-10H2,1-3H3. The summed E-state index contributed by atoms with van der Waals surface area (Å²) < 4.78 is 11.6. The van der Waals surface area contributed by atoms with Gasteiger partial charge in [0.2, 0.25) is 0 Å². The van der Waals surface area contributed by atoms with Crippen LogP contribution in [0.25, 0.3) is 0 Å². The first kappa shape index (κ1) is 13.2. The quantitative estimate of drug-likeness (QED) is 0.867. The summed E-state index contributed by atoms with van der Waals surface area (Å²) in [6.45, 7) is 7.07. The van der Waals surface area contributed by atoms with Crippen molar-refractivity contribution in [2.24, 2.45) is 0 Å². The molecule has 100 valence electrons. The van der Waals surface area contributed by atoms with E-state index in [0.29, 0.717) is 12.2 Å². The van der Waals surface area contributed by atoms with Gasteiger partial charge in [-0.2, -0.15) is 0 Å². The van der Waals surface area contributed by atoms with E-state index in [9.17, 15) is 0 Å². The molecule has 1 aromatic carbocycles. The molecule has 1 N–H and O–H groups in total. The minimum Gasteiger partial charge on any atom is -0.489 e. The molecule has 0 radical (unpaired) electrons. The van der Waals surface area contributed by atoms with Crippen molar-refractivity contribution in [2.45, 2.75) is 51.9 Å². The fourth-order valence-corrected chi connectivity index (χ4v) is 2.23. The Balaban J connectivity index is 1.92. The molecule has 1 aliphatic rings. The predicted molar refractivity (Wildman–Crippen MR) is 74.3 cm³/mol. The summed E-state index contributed by atoms with van der Waals surface area (Å²) in [7, 11) is 0. The second-order valence-corrected chi connectivity index (χ2v) is 5.19. The fourth-order valence-electron chi connectivity index (χ4n) is 2.23. The maximum atomic E-state index is 5.80. The Kier molecular flexibility index (Phi) is 4.48. The molecular formula is C15H23NO2. The molecule has 1 fully saturated rings. The van der Waals surface area contributed by atoms with Crippen LogP contribution in [0.1, 0.15) is 33.6 Å². The lowest BCUT2D eigenvalue weighted by molar-refractivity contribution is 0.0636. The van der Waals surface area contributed by atoms with E-state index in [1.54, 1.807) is 0 Å². The van der Waals surface area contributed by atoms with E-state index in [-0.39, 0.29) is 6.10 Å². The molecule has 1 aromatic rings. The number of hydrogen-bond donors (Lipinski definition) is 1. The summed E-state index contributed by atoms with van der Waals surface area (Å²) in [5.74, 6) is 0.915. The Bertz CT molecular complexity index is 379. The van der Waals surface area contributed by atoms with Crippen molar-refractivity contribution in [2.75, 3.05) is 11.9 Å². The minimum atomic E-state index is 0.190. The van der Waals surface area contributed by atoms with Crippen molar-refractivity contribution < 1.29 is 9.47 Å². The molecule has 2 unspecified atom stereocenters. The zero-order valence-electron chi connectivity index (χ0n) is 11.5.